The second-order valence-electron chi connectivity index (χ2n) is 5.49. The van der Waals surface area contributed by atoms with E-state index in [0.29, 0.717) is 11.4 Å². The number of nitrogens with one attached hydrogen (secondary N) is 2. The molecule has 1 aromatic heterocycles. The van der Waals surface area contributed by atoms with Gasteiger partial charge in [0.25, 0.3) is 5.91 Å². The predicted molar refractivity (Wildman–Crippen MR) is 83.5 cm³/mol. The van der Waals surface area contributed by atoms with E-state index in [1.165, 1.54) is 11.3 Å². The molecule has 0 bridgehead atoms. The molecule has 0 aliphatic heterocycles. The van der Waals surface area contributed by atoms with Gasteiger partial charge in [0, 0.05) is 26.1 Å². The van der Waals surface area contributed by atoms with E-state index in [9.17, 15) is 14.7 Å². The van der Waals surface area contributed by atoms with Crippen molar-refractivity contribution in [2.45, 2.75) is 18.9 Å². The highest BCUT2D eigenvalue weighted by atomic mass is 32.1. The van der Waals surface area contributed by atoms with Crippen molar-refractivity contribution in [3.05, 3.63) is 22.4 Å². The van der Waals surface area contributed by atoms with Crippen LogP contribution in [0.2, 0.25) is 0 Å². The fourth-order valence-corrected chi connectivity index (χ4v) is 2.54. The van der Waals surface area contributed by atoms with Gasteiger partial charge in [0.05, 0.1) is 10.5 Å². The third kappa shape index (κ3) is 7.22. The monoisotopic (exact) mass is 313 g/mol. The minimum absolute atomic E-state index is 0.169. The smallest absolute Gasteiger partial charge is 0.261 e. The molecule has 6 nitrogen and oxygen atoms in total. The first-order chi connectivity index (χ1) is 9.80. The summed E-state index contributed by atoms with van der Waals surface area (Å²) in [5.41, 5.74) is -0.973. The summed E-state index contributed by atoms with van der Waals surface area (Å²) in [5.74, 6) is -0.363. The molecule has 0 aliphatic rings. The largest absolute Gasteiger partial charge is 0.387 e. The molecule has 1 atom stereocenters. The zero-order chi connectivity index (χ0) is 15.9. The van der Waals surface area contributed by atoms with Gasteiger partial charge in [0.2, 0.25) is 5.91 Å². The summed E-state index contributed by atoms with van der Waals surface area (Å²) in [6.45, 7) is 2.59. The van der Waals surface area contributed by atoms with Crippen LogP contribution >= 0.6 is 11.3 Å². The first kappa shape index (κ1) is 17.6. The lowest BCUT2D eigenvalue weighted by molar-refractivity contribution is -0.122. The number of hydrogen-bond donors (Lipinski definition) is 3. The third-order valence-electron chi connectivity index (χ3n) is 2.71. The molecule has 0 aromatic carbocycles. The van der Waals surface area contributed by atoms with Gasteiger partial charge < -0.3 is 20.6 Å². The average molecular weight is 313 g/mol. The standard InChI is InChI=1S/C14H23N3O3S/c1-14(20,10-17(2)3)9-16-12(18)6-7-15-13(19)11-5-4-8-21-11/h4-5,8,20H,6-7,9-10H2,1-3H3,(H,15,19)(H,16,18). The maximum atomic E-state index is 11.7. The molecule has 0 spiro atoms. The number of thiophene rings is 1. The Morgan fingerprint density at radius 1 is 1.38 bits per heavy atom. The van der Waals surface area contributed by atoms with Gasteiger partial charge in [0.15, 0.2) is 0 Å². The van der Waals surface area contributed by atoms with E-state index >= 15 is 0 Å². The summed E-state index contributed by atoms with van der Waals surface area (Å²) < 4.78 is 0. The Morgan fingerprint density at radius 3 is 2.67 bits per heavy atom. The van der Waals surface area contributed by atoms with Crippen molar-refractivity contribution in [3.8, 4) is 0 Å². The Balaban J connectivity index is 2.21. The summed E-state index contributed by atoms with van der Waals surface area (Å²) in [7, 11) is 3.72. The maximum Gasteiger partial charge on any atom is 0.261 e. The van der Waals surface area contributed by atoms with Gasteiger partial charge in [-0.25, -0.2) is 0 Å². The molecule has 1 unspecified atom stereocenters. The summed E-state index contributed by atoms with van der Waals surface area (Å²) in [6.07, 6.45) is 0.190. The third-order valence-corrected chi connectivity index (χ3v) is 3.57. The van der Waals surface area contributed by atoms with Crippen LogP contribution < -0.4 is 10.6 Å². The number of likely N-dealkylation sites (N-methyl/N-ethyl adjacent to an activating group) is 1. The van der Waals surface area contributed by atoms with E-state index in [-0.39, 0.29) is 31.3 Å². The van der Waals surface area contributed by atoms with E-state index in [2.05, 4.69) is 10.6 Å². The topological polar surface area (TPSA) is 81.7 Å². The molecule has 0 radical (unpaired) electrons. The van der Waals surface area contributed by atoms with Crippen molar-refractivity contribution in [1.82, 2.24) is 15.5 Å². The highest BCUT2D eigenvalue weighted by Crippen LogP contribution is 2.07. The molecule has 7 heteroatoms. The lowest BCUT2D eigenvalue weighted by Crippen LogP contribution is -2.47. The molecular weight excluding hydrogens is 290 g/mol. The van der Waals surface area contributed by atoms with Crippen molar-refractivity contribution in [2.24, 2.45) is 0 Å². The maximum absolute atomic E-state index is 11.7. The molecule has 0 saturated heterocycles. The van der Waals surface area contributed by atoms with Gasteiger partial charge in [-0.1, -0.05) is 6.07 Å². The number of carbonyl (C=O) groups excluding carboxylic acids is 2. The Hall–Kier alpha value is -1.44. The second kappa shape index (κ2) is 8.11. The first-order valence-corrected chi connectivity index (χ1v) is 7.64. The second-order valence-corrected chi connectivity index (χ2v) is 6.44. The van der Waals surface area contributed by atoms with E-state index in [0.717, 1.165) is 0 Å². The fraction of sp³-hybridized carbons (Fsp3) is 0.571. The van der Waals surface area contributed by atoms with Crippen molar-refractivity contribution >= 4 is 23.2 Å². The lowest BCUT2D eigenvalue weighted by Gasteiger charge is -2.27. The molecule has 1 aromatic rings. The van der Waals surface area contributed by atoms with Gasteiger partial charge in [-0.15, -0.1) is 11.3 Å². The molecule has 21 heavy (non-hydrogen) atoms. The normalized spacial score (nSPS) is 13.8. The number of aliphatic hydroxyl groups is 1. The van der Waals surface area contributed by atoms with Crippen LogP contribution in [0.4, 0.5) is 0 Å². The average Bonchev–Trinajstić information content (AvgIpc) is 2.88. The van der Waals surface area contributed by atoms with E-state index in [1.54, 1.807) is 19.1 Å². The fourth-order valence-electron chi connectivity index (χ4n) is 1.90. The number of amides is 2. The molecule has 3 N–H and O–H groups in total. The van der Waals surface area contributed by atoms with Crippen molar-refractivity contribution < 1.29 is 14.7 Å². The zero-order valence-electron chi connectivity index (χ0n) is 12.7. The highest BCUT2D eigenvalue weighted by Gasteiger charge is 2.21. The van der Waals surface area contributed by atoms with Crippen LogP contribution in [-0.4, -0.2) is 61.2 Å². The lowest BCUT2D eigenvalue weighted by atomic mass is 10.1. The highest BCUT2D eigenvalue weighted by molar-refractivity contribution is 7.12. The van der Waals surface area contributed by atoms with Crippen LogP contribution in [0.5, 0.6) is 0 Å². The zero-order valence-corrected chi connectivity index (χ0v) is 13.5. The molecule has 0 saturated carbocycles. The van der Waals surface area contributed by atoms with Crippen LogP contribution in [0.15, 0.2) is 17.5 Å². The number of hydrogen-bond acceptors (Lipinski definition) is 5. The van der Waals surface area contributed by atoms with Crippen LogP contribution in [0.3, 0.4) is 0 Å². The van der Waals surface area contributed by atoms with Gasteiger partial charge in [0.1, 0.15) is 0 Å². The van der Waals surface area contributed by atoms with Crippen LogP contribution in [0, 0.1) is 0 Å². The van der Waals surface area contributed by atoms with Crippen molar-refractivity contribution in [1.29, 1.82) is 0 Å². The van der Waals surface area contributed by atoms with Gasteiger partial charge in [-0.2, -0.15) is 0 Å². The van der Waals surface area contributed by atoms with Gasteiger partial charge in [-0.3, -0.25) is 9.59 Å². The quantitative estimate of drug-likeness (QED) is 0.645. The summed E-state index contributed by atoms with van der Waals surface area (Å²) in [4.78, 5) is 25.8. The van der Waals surface area contributed by atoms with Gasteiger partial charge >= 0.3 is 0 Å². The Bertz CT molecular complexity index is 458. The van der Waals surface area contributed by atoms with Crippen LogP contribution in [0.25, 0.3) is 0 Å². The minimum atomic E-state index is -0.973. The molecule has 118 valence electrons. The molecule has 0 fully saturated rings. The summed E-state index contributed by atoms with van der Waals surface area (Å²) in [6, 6.07) is 3.54. The van der Waals surface area contributed by atoms with E-state index in [1.807, 2.05) is 24.4 Å². The number of nitrogens with zero attached hydrogens (tertiary/aromatic N) is 1. The Kier molecular flexibility index (Phi) is 6.80. The molecule has 0 aliphatic carbocycles. The molecular formula is C14H23N3O3S. The van der Waals surface area contributed by atoms with E-state index < -0.39 is 5.60 Å². The predicted octanol–water partition coefficient (Wildman–Crippen LogP) is 0.297. The van der Waals surface area contributed by atoms with E-state index in [4.69, 9.17) is 0 Å². The number of rotatable bonds is 8. The SMILES string of the molecule is CN(C)CC(C)(O)CNC(=O)CCNC(=O)c1cccs1. The Labute approximate surface area is 129 Å². The van der Waals surface area contributed by atoms with Crippen LogP contribution in [-0.2, 0) is 4.79 Å². The summed E-state index contributed by atoms with van der Waals surface area (Å²) in [5, 5.41) is 17.2. The van der Waals surface area contributed by atoms with Gasteiger partial charge in [-0.05, 0) is 32.5 Å². The first-order valence-electron chi connectivity index (χ1n) is 6.76. The molecule has 1 heterocycles. The number of carbonyl (C=O) groups is 2. The van der Waals surface area contributed by atoms with Crippen molar-refractivity contribution in [2.75, 3.05) is 33.7 Å². The summed E-state index contributed by atoms with van der Waals surface area (Å²) >= 11 is 1.36. The van der Waals surface area contributed by atoms with Crippen LogP contribution in [0.1, 0.15) is 23.0 Å². The molecule has 2 amide bonds. The van der Waals surface area contributed by atoms with Crippen molar-refractivity contribution in [3.63, 3.8) is 0 Å². The molecule has 1 rings (SSSR count). The Morgan fingerprint density at radius 2 is 2.10 bits per heavy atom. The minimum Gasteiger partial charge on any atom is -0.387 e.